The predicted molar refractivity (Wildman–Crippen MR) is 261 cm³/mol. The average Bonchev–Trinajstić information content (AvgIpc) is 3.74. The van der Waals surface area contributed by atoms with Gasteiger partial charge in [0.05, 0.1) is 5.69 Å². The Hall–Kier alpha value is -8.20. The van der Waals surface area contributed by atoms with Gasteiger partial charge in [-0.05, 0) is 92.0 Å². The maximum Gasteiger partial charge on any atom is 0.143 e. The third-order valence-corrected chi connectivity index (χ3v) is 11.9. The summed E-state index contributed by atoms with van der Waals surface area (Å²) in [7, 11) is 0. The van der Waals surface area contributed by atoms with E-state index in [4.69, 9.17) is 4.42 Å². The van der Waals surface area contributed by atoms with Crippen molar-refractivity contribution in [3.05, 3.63) is 249 Å². The summed E-state index contributed by atoms with van der Waals surface area (Å²) in [5.41, 5.74) is 18.9. The highest BCUT2D eigenvalue weighted by Gasteiger charge is 2.21. The van der Waals surface area contributed by atoms with Crippen LogP contribution in [0, 0.1) is 0 Å². The highest BCUT2D eigenvalue weighted by molar-refractivity contribution is 6.09. The third-order valence-electron chi connectivity index (χ3n) is 11.9. The number of nitrogens with zero attached hydrogens (tertiary/aromatic N) is 1. The van der Waals surface area contributed by atoms with Gasteiger partial charge in [0.2, 0.25) is 0 Å². The van der Waals surface area contributed by atoms with Gasteiger partial charge in [-0.15, -0.1) is 0 Å². The number of rotatable bonds is 9. The van der Waals surface area contributed by atoms with E-state index in [1.165, 1.54) is 44.5 Å². The van der Waals surface area contributed by atoms with Gasteiger partial charge in [-0.2, -0.15) is 0 Å². The van der Waals surface area contributed by atoms with E-state index >= 15 is 0 Å². The Balaban J connectivity index is 1.06. The van der Waals surface area contributed by atoms with Crippen molar-refractivity contribution >= 4 is 39.0 Å². The SMILES string of the molecule is c1ccc(-c2ccc(-c3ccccc3-c3ccccc3-c3ccccc3N(c3ccc(-c4ccccc4)cc3)c3cccc(-c4cccc5c4oc4ccccc45)c3)cc2)cc1. The normalized spacial score (nSPS) is 11.2. The van der Waals surface area contributed by atoms with E-state index in [9.17, 15) is 0 Å². The number of anilines is 3. The first-order valence-electron chi connectivity index (χ1n) is 21.2. The molecule has 0 saturated carbocycles. The van der Waals surface area contributed by atoms with Gasteiger partial charge in [0.15, 0.2) is 0 Å². The van der Waals surface area contributed by atoms with Crippen molar-refractivity contribution in [2.45, 2.75) is 0 Å². The van der Waals surface area contributed by atoms with Crippen LogP contribution in [0.1, 0.15) is 0 Å². The van der Waals surface area contributed by atoms with Crippen LogP contribution in [-0.4, -0.2) is 0 Å². The molecule has 1 aromatic heterocycles. The summed E-state index contributed by atoms with van der Waals surface area (Å²) >= 11 is 0. The molecule has 62 heavy (non-hydrogen) atoms. The number of fused-ring (bicyclic) bond motifs is 3. The Bertz CT molecular complexity index is 3330. The van der Waals surface area contributed by atoms with E-state index in [2.05, 4.69) is 241 Å². The first kappa shape index (κ1) is 36.8. The number of benzene rings is 10. The fourth-order valence-electron chi connectivity index (χ4n) is 8.94. The van der Waals surface area contributed by atoms with Crippen LogP contribution in [0.2, 0.25) is 0 Å². The second-order valence-electron chi connectivity index (χ2n) is 15.6. The van der Waals surface area contributed by atoms with Crippen molar-refractivity contribution < 1.29 is 4.42 Å². The van der Waals surface area contributed by atoms with E-state index in [1.807, 2.05) is 12.1 Å². The maximum absolute atomic E-state index is 6.55. The molecule has 0 saturated heterocycles. The van der Waals surface area contributed by atoms with Crippen molar-refractivity contribution in [3.63, 3.8) is 0 Å². The summed E-state index contributed by atoms with van der Waals surface area (Å²) in [6.45, 7) is 0. The lowest BCUT2D eigenvalue weighted by molar-refractivity contribution is 0.670. The van der Waals surface area contributed by atoms with Crippen LogP contribution < -0.4 is 4.90 Å². The zero-order valence-electron chi connectivity index (χ0n) is 34.0. The molecular formula is C60H41NO. The molecule has 10 aromatic carbocycles. The monoisotopic (exact) mass is 791 g/mol. The van der Waals surface area contributed by atoms with Crippen molar-refractivity contribution in [1.82, 2.24) is 0 Å². The molecule has 11 rings (SSSR count). The second-order valence-corrected chi connectivity index (χ2v) is 15.6. The summed E-state index contributed by atoms with van der Waals surface area (Å²) in [6.07, 6.45) is 0. The van der Waals surface area contributed by atoms with Crippen molar-refractivity contribution in [1.29, 1.82) is 0 Å². The van der Waals surface area contributed by atoms with Gasteiger partial charge in [0.1, 0.15) is 11.2 Å². The largest absolute Gasteiger partial charge is 0.455 e. The van der Waals surface area contributed by atoms with Gasteiger partial charge in [0, 0.05) is 33.3 Å². The molecule has 0 aliphatic heterocycles. The first-order valence-corrected chi connectivity index (χ1v) is 21.2. The van der Waals surface area contributed by atoms with Gasteiger partial charge in [-0.25, -0.2) is 0 Å². The number of hydrogen-bond donors (Lipinski definition) is 0. The van der Waals surface area contributed by atoms with E-state index in [0.29, 0.717) is 0 Å². The molecule has 0 amide bonds. The topological polar surface area (TPSA) is 16.4 Å². The molecule has 11 aromatic rings. The lowest BCUT2D eigenvalue weighted by atomic mass is 9.88. The quantitative estimate of drug-likeness (QED) is 0.145. The minimum atomic E-state index is 0.893. The maximum atomic E-state index is 6.55. The van der Waals surface area contributed by atoms with Gasteiger partial charge in [-0.3, -0.25) is 0 Å². The van der Waals surface area contributed by atoms with Crippen LogP contribution >= 0.6 is 0 Å². The lowest BCUT2D eigenvalue weighted by Gasteiger charge is -2.29. The van der Waals surface area contributed by atoms with E-state index in [0.717, 1.165) is 61.3 Å². The van der Waals surface area contributed by atoms with Gasteiger partial charge >= 0.3 is 0 Å². The van der Waals surface area contributed by atoms with Crippen LogP contribution in [0.5, 0.6) is 0 Å². The summed E-state index contributed by atoms with van der Waals surface area (Å²) in [4.78, 5) is 2.40. The van der Waals surface area contributed by atoms with Crippen LogP contribution in [0.15, 0.2) is 253 Å². The standard InChI is InChI=1S/C60H41NO/c1-3-17-42(18-4-1)44-33-35-46(36-34-44)50-23-7-8-24-52(50)53-25-9-10-26-54(53)55-27-11-13-31-58(55)61(48-39-37-45(38-40-48)43-19-5-2-6-20-43)49-22-15-21-47(41-49)51-29-16-30-57-56-28-12-14-32-59(56)62-60(51)57/h1-41H. The number of hydrogen-bond acceptors (Lipinski definition) is 2. The highest BCUT2D eigenvalue weighted by Crippen LogP contribution is 2.46. The Morgan fingerprint density at radius 3 is 1.40 bits per heavy atom. The molecule has 0 N–H and O–H groups in total. The van der Waals surface area contributed by atoms with E-state index in [-0.39, 0.29) is 0 Å². The Labute approximate surface area is 362 Å². The molecule has 0 aliphatic rings. The fourth-order valence-corrected chi connectivity index (χ4v) is 8.94. The van der Waals surface area contributed by atoms with Crippen molar-refractivity contribution in [2.75, 3.05) is 4.90 Å². The van der Waals surface area contributed by atoms with E-state index < -0.39 is 0 Å². The van der Waals surface area contributed by atoms with Crippen LogP contribution in [-0.2, 0) is 0 Å². The van der Waals surface area contributed by atoms with Gasteiger partial charge in [0.25, 0.3) is 0 Å². The van der Waals surface area contributed by atoms with Crippen molar-refractivity contribution in [2.24, 2.45) is 0 Å². The molecule has 292 valence electrons. The fraction of sp³-hybridized carbons (Fsp3) is 0. The van der Waals surface area contributed by atoms with Crippen molar-refractivity contribution in [3.8, 4) is 66.8 Å². The van der Waals surface area contributed by atoms with Gasteiger partial charge in [-0.1, -0.05) is 212 Å². The van der Waals surface area contributed by atoms with Gasteiger partial charge < -0.3 is 9.32 Å². The summed E-state index contributed by atoms with van der Waals surface area (Å²) in [6, 6.07) is 89.0. The molecule has 0 radical (unpaired) electrons. The molecule has 0 spiro atoms. The molecule has 0 bridgehead atoms. The number of furan rings is 1. The smallest absolute Gasteiger partial charge is 0.143 e. The Morgan fingerprint density at radius 2 is 0.710 bits per heavy atom. The minimum Gasteiger partial charge on any atom is -0.455 e. The minimum absolute atomic E-state index is 0.893. The average molecular weight is 792 g/mol. The Morgan fingerprint density at radius 1 is 0.258 bits per heavy atom. The Kier molecular flexibility index (Phi) is 9.57. The number of para-hydroxylation sites is 3. The lowest BCUT2D eigenvalue weighted by Crippen LogP contribution is -2.11. The molecule has 0 unspecified atom stereocenters. The highest BCUT2D eigenvalue weighted by atomic mass is 16.3. The molecule has 0 atom stereocenters. The van der Waals surface area contributed by atoms with Crippen LogP contribution in [0.25, 0.3) is 88.7 Å². The first-order chi connectivity index (χ1) is 30.8. The zero-order valence-corrected chi connectivity index (χ0v) is 34.0. The molecule has 2 heteroatoms. The van der Waals surface area contributed by atoms with Crippen LogP contribution in [0.4, 0.5) is 17.1 Å². The zero-order chi connectivity index (χ0) is 41.2. The molecule has 0 aliphatic carbocycles. The molecule has 0 fully saturated rings. The summed E-state index contributed by atoms with van der Waals surface area (Å²) in [5, 5.41) is 2.24. The predicted octanol–water partition coefficient (Wildman–Crippen LogP) is 17.1. The summed E-state index contributed by atoms with van der Waals surface area (Å²) < 4.78 is 6.55. The van der Waals surface area contributed by atoms with Crippen LogP contribution in [0.3, 0.4) is 0 Å². The second kappa shape index (κ2) is 16.1. The third kappa shape index (κ3) is 6.84. The van der Waals surface area contributed by atoms with E-state index in [1.54, 1.807) is 0 Å². The summed E-state index contributed by atoms with van der Waals surface area (Å²) in [5.74, 6) is 0. The molecule has 1 heterocycles. The molecule has 2 nitrogen and oxygen atoms in total. The molecular weight excluding hydrogens is 751 g/mol.